The highest BCUT2D eigenvalue weighted by Gasteiger charge is 2.72. The quantitative estimate of drug-likeness (QED) is 0.270. The molecule has 10 atom stereocenters. The molecule has 2 fully saturated rings. The molecule has 212 valence electrons. The molecule has 3 rings (SSSR count). The summed E-state index contributed by atoms with van der Waals surface area (Å²) in [6, 6.07) is 0. The summed E-state index contributed by atoms with van der Waals surface area (Å²) in [5, 5.41) is 45.1. The van der Waals surface area contributed by atoms with Crippen molar-refractivity contribution in [2.75, 3.05) is 6.61 Å². The third-order valence-corrected chi connectivity index (χ3v) is 8.15. The Kier molecular flexibility index (Phi) is 8.14. The minimum Gasteiger partial charge on any atom is -0.462 e. The van der Waals surface area contributed by atoms with Crippen molar-refractivity contribution in [2.45, 2.75) is 89.7 Å². The Hall–Kier alpha value is -2.80. The lowest BCUT2D eigenvalue weighted by Gasteiger charge is -2.60. The lowest BCUT2D eigenvalue weighted by atomic mass is 9.51. The van der Waals surface area contributed by atoms with Gasteiger partial charge >= 0.3 is 23.9 Å². The number of rotatable bonds is 4. The maximum absolute atomic E-state index is 12.8. The van der Waals surface area contributed by atoms with E-state index in [1.165, 1.54) is 39.0 Å². The van der Waals surface area contributed by atoms with Gasteiger partial charge in [-0.15, -0.1) is 0 Å². The summed E-state index contributed by atoms with van der Waals surface area (Å²) in [5.41, 5.74) is -5.97. The van der Waals surface area contributed by atoms with E-state index in [4.69, 9.17) is 18.9 Å². The SMILES string of the molecule is CC(=O)OC1/C=C/C(CO)=C\C2OC(=O)C(C)C2(O)C(OC(C)=O)C2C(C)(O)C(O)CC(OC(C)=O)C12C. The van der Waals surface area contributed by atoms with Gasteiger partial charge in [0.25, 0.3) is 0 Å². The van der Waals surface area contributed by atoms with Crippen molar-refractivity contribution >= 4 is 23.9 Å². The second-order valence-electron chi connectivity index (χ2n) is 10.7. The van der Waals surface area contributed by atoms with Gasteiger partial charge in [-0.3, -0.25) is 19.2 Å². The van der Waals surface area contributed by atoms with E-state index in [-0.39, 0.29) is 12.0 Å². The average molecular weight is 541 g/mol. The number of carbonyl (C=O) groups is 4. The predicted octanol–water partition coefficient (Wildman–Crippen LogP) is -0.299. The van der Waals surface area contributed by atoms with Crippen LogP contribution >= 0.6 is 0 Å². The lowest BCUT2D eigenvalue weighted by molar-refractivity contribution is -0.284. The normalized spacial score (nSPS) is 44.8. The van der Waals surface area contributed by atoms with Crippen LogP contribution in [0.2, 0.25) is 0 Å². The van der Waals surface area contributed by atoms with Crippen molar-refractivity contribution in [1.29, 1.82) is 0 Å². The Balaban J connectivity index is 2.46. The summed E-state index contributed by atoms with van der Waals surface area (Å²) in [7, 11) is 0. The number of aliphatic hydroxyl groups excluding tert-OH is 2. The van der Waals surface area contributed by atoms with Gasteiger partial charge in [0.05, 0.1) is 29.6 Å². The monoisotopic (exact) mass is 540 g/mol. The number of esters is 4. The third-order valence-electron chi connectivity index (χ3n) is 8.15. The first-order valence-corrected chi connectivity index (χ1v) is 12.4. The summed E-state index contributed by atoms with van der Waals surface area (Å²) >= 11 is 0. The molecule has 0 spiro atoms. The van der Waals surface area contributed by atoms with Crippen LogP contribution in [0, 0.1) is 17.3 Å². The average Bonchev–Trinajstić information content (AvgIpc) is 3.01. The first kappa shape index (κ1) is 29.8. The van der Waals surface area contributed by atoms with Gasteiger partial charge in [0, 0.05) is 33.1 Å². The lowest BCUT2D eigenvalue weighted by Crippen LogP contribution is -2.73. The van der Waals surface area contributed by atoms with E-state index in [0.29, 0.717) is 0 Å². The molecule has 1 heterocycles. The zero-order valence-electron chi connectivity index (χ0n) is 22.2. The van der Waals surface area contributed by atoms with Crippen molar-refractivity contribution in [3.05, 3.63) is 23.8 Å². The molecule has 0 aromatic heterocycles. The fraction of sp³-hybridized carbons (Fsp3) is 0.692. The molecule has 3 aliphatic rings. The van der Waals surface area contributed by atoms with Gasteiger partial charge in [-0.2, -0.15) is 0 Å². The molecule has 0 radical (unpaired) electrons. The van der Waals surface area contributed by atoms with Crippen LogP contribution in [0.5, 0.6) is 0 Å². The largest absolute Gasteiger partial charge is 0.462 e. The molecule has 0 bridgehead atoms. The molecule has 10 unspecified atom stereocenters. The number of aliphatic hydroxyl groups is 4. The van der Waals surface area contributed by atoms with E-state index in [0.717, 1.165) is 20.8 Å². The molecular formula is C26H36O12. The van der Waals surface area contributed by atoms with Crippen LogP contribution in [0.4, 0.5) is 0 Å². The molecule has 4 N–H and O–H groups in total. The van der Waals surface area contributed by atoms with Crippen LogP contribution in [0.15, 0.2) is 23.8 Å². The van der Waals surface area contributed by atoms with Crippen LogP contribution in [0.25, 0.3) is 0 Å². The van der Waals surface area contributed by atoms with Crippen molar-refractivity contribution < 1.29 is 58.6 Å². The summed E-state index contributed by atoms with van der Waals surface area (Å²) in [4.78, 5) is 49.6. The number of hydrogen-bond donors (Lipinski definition) is 4. The van der Waals surface area contributed by atoms with E-state index in [1.54, 1.807) is 0 Å². The molecule has 2 aliphatic carbocycles. The van der Waals surface area contributed by atoms with Gasteiger partial charge in [-0.25, -0.2) is 0 Å². The van der Waals surface area contributed by atoms with Crippen molar-refractivity contribution in [1.82, 2.24) is 0 Å². The maximum atomic E-state index is 12.8. The van der Waals surface area contributed by atoms with Crippen LogP contribution in [-0.2, 0) is 38.1 Å². The molecule has 0 aromatic rings. The van der Waals surface area contributed by atoms with Gasteiger partial charge in [0.1, 0.15) is 18.3 Å². The predicted molar refractivity (Wildman–Crippen MR) is 128 cm³/mol. The van der Waals surface area contributed by atoms with Crippen molar-refractivity contribution in [3.63, 3.8) is 0 Å². The first-order chi connectivity index (χ1) is 17.5. The van der Waals surface area contributed by atoms with E-state index in [1.807, 2.05) is 0 Å². The molecule has 1 saturated carbocycles. The Morgan fingerprint density at radius 3 is 2.16 bits per heavy atom. The summed E-state index contributed by atoms with van der Waals surface area (Å²) in [5.74, 6) is -6.02. The second kappa shape index (κ2) is 10.4. The summed E-state index contributed by atoms with van der Waals surface area (Å²) in [6.45, 7) is 6.90. The van der Waals surface area contributed by atoms with Crippen LogP contribution < -0.4 is 0 Å². The maximum Gasteiger partial charge on any atom is 0.312 e. The highest BCUT2D eigenvalue weighted by molar-refractivity contribution is 5.78. The van der Waals surface area contributed by atoms with E-state index >= 15 is 0 Å². The molecule has 12 nitrogen and oxygen atoms in total. The Morgan fingerprint density at radius 2 is 1.63 bits per heavy atom. The Morgan fingerprint density at radius 1 is 1.05 bits per heavy atom. The summed E-state index contributed by atoms with van der Waals surface area (Å²) < 4.78 is 22.3. The van der Waals surface area contributed by atoms with E-state index < -0.39 is 89.5 Å². The van der Waals surface area contributed by atoms with Gasteiger partial charge in [-0.1, -0.05) is 13.0 Å². The second-order valence-corrected chi connectivity index (χ2v) is 10.7. The topological polar surface area (TPSA) is 186 Å². The van der Waals surface area contributed by atoms with Gasteiger partial charge in [0.2, 0.25) is 0 Å². The van der Waals surface area contributed by atoms with Gasteiger partial charge in [0.15, 0.2) is 11.7 Å². The Labute approximate surface area is 220 Å². The molecule has 38 heavy (non-hydrogen) atoms. The molecule has 0 amide bonds. The molecule has 12 heteroatoms. The van der Waals surface area contributed by atoms with Crippen molar-refractivity contribution in [3.8, 4) is 0 Å². The minimum absolute atomic E-state index is 0.169. The van der Waals surface area contributed by atoms with E-state index in [2.05, 4.69) is 0 Å². The Bertz CT molecular complexity index is 1050. The standard InChI is InChI=1S/C26H36O12/c1-12-23(32)38-20-9-16(11-27)7-8-18(35-13(2)28)24(5)19(36-14(3)29)10-17(31)25(6,33)21(24)22(26(12,20)34)37-15(4)30/h7-9,12,17-22,27,31,33-34H,10-11H2,1-6H3/b8-7+,16-9+. The number of fused-ring (bicyclic) bond motifs is 2. The fourth-order valence-corrected chi connectivity index (χ4v) is 6.16. The van der Waals surface area contributed by atoms with E-state index in [9.17, 15) is 39.6 Å². The highest BCUT2D eigenvalue weighted by Crippen LogP contribution is 2.57. The molecular weight excluding hydrogens is 504 g/mol. The molecule has 0 aromatic carbocycles. The fourth-order valence-electron chi connectivity index (χ4n) is 6.16. The van der Waals surface area contributed by atoms with Crippen molar-refractivity contribution in [2.24, 2.45) is 17.3 Å². The van der Waals surface area contributed by atoms with Crippen LogP contribution in [-0.4, -0.2) is 92.6 Å². The van der Waals surface area contributed by atoms with Crippen LogP contribution in [0.3, 0.4) is 0 Å². The van der Waals surface area contributed by atoms with Gasteiger partial charge < -0.3 is 39.4 Å². The zero-order chi connectivity index (χ0) is 28.8. The zero-order valence-corrected chi connectivity index (χ0v) is 22.2. The molecule has 1 saturated heterocycles. The summed E-state index contributed by atoms with van der Waals surface area (Å²) in [6.07, 6.45) is -3.53. The minimum atomic E-state index is -2.33. The highest BCUT2D eigenvalue weighted by atomic mass is 16.6. The van der Waals surface area contributed by atoms with Crippen LogP contribution in [0.1, 0.15) is 48.0 Å². The smallest absolute Gasteiger partial charge is 0.312 e. The van der Waals surface area contributed by atoms with Gasteiger partial charge in [-0.05, 0) is 31.6 Å². The number of hydrogen-bond acceptors (Lipinski definition) is 12. The first-order valence-electron chi connectivity index (χ1n) is 12.4. The third kappa shape index (κ3) is 4.86. The number of ether oxygens (including phenoxy) is 4. The molecule has 1 aliphatic heterocycles. The number of carbonyl (C=O) groups excluding carboxylic acids is 4.